The molecule has 0 aliphatic carbocycles. The van der Waals surface area contributed by atoms with E-state index in [2.05, 4.69) is 4.98 Å². The molecule has 0 N–H and O–H groups in total. The van der Waals surface area contributed by atoms with Crippen LogP contribution in [0, 0.1) is 5.92 Å². The van der Waals surface area contributed by atoms with E-state index in [4.69, 9.17) is 0 Å². The van der Waals surface area contributed by atoms with Crippen LogP contribution in [0.3, 0.4) is 0 Å². The second-order valence-corrected chi connectivity index (χ2v) is 6.68. The Balaban J connectivity index is 1.60. The molecule has 0 bridgehead atoms. The fourth-order valence-electron chi connectivity index (χ4n) is 3.50. The van der Waals surface area contributed by atoms with Gasteiger partial charge in [-0.1, -0.05) is 0 Å². The van der Waals surface area contributed by atoms with Crippen molar-refractivity contribution in [2.75, 3.05) is 26.2 Å². The van der Waals surface area contributed by atoms with Gasteiger partial charge in [0.05, 0.1) is 6.54 Å². The maximum absolute atomic E-state index is 12.6. The first kappa shape index (κ1) is 16.7. The SMILES string of the molecule is Cn1ccnc1C(=O)C1CCCN(C(=O)CN2CCCCC2=O)C1. The smallest absolute Gasteiger partial charge is 0.242 e. The molecule has 0 radical (unpaired) electrons. The Bertz CT molecular complexity index is 640. The quantitative estimate of drug-likeness (QED) is 0.766. The maximum Gasteiger partial charge on any atom is 0.242 e. The van der Waals surface area contributed by atoms with Crippen molar-refractivity contribution in [3.63, 3.8) is 0 Å². The Morgan fingerprint density at radius 3 is 2.79 bits per heavy atom. The lowest BCUT2D eigenvalue weighted by Crippen LogP contribution is -2.48. The van der Waals surface area contributed by atoms with Gasteiger partial charge in [0.25, 0.3) is 0 Å². The summed E-state index contributed by atoms with van der Waals surface area (Å²) >= 11 is 0. The molecule has 7 heteroatoms. The van der Waals surface area contributed by atoms with Crippen LogP contribution in [0.2, 0.25) is 0 Å². The van der Waals surface area contributed by atoms with Crippen LogP contribution in [-0.2, 0) is 16.6 Å². The Morgan fingerprint density at radius 1 is 1.25 bits per heavy atom. The fourth-order valence-corrected chi connectivity index (χ4v) is 3.50. The van der Waals surface area contributed by atoms with Gasteiger partial charge < -0.3 is 14.4 Å². The van der Waals surface area contributed by atoms with Gasteiger partial charge in [-0.15, -0.1) is 0 Å². The summed E-state index contributed by atoms with van der Waals surface area (Å²) in [5.74, 6) is 0.241. The number of carbonyl (C=O) groups excluding carboxylic acids is 3. The lowest BCUT2D eigenvalue weighted by molar-refractivity contribution is -0.142. The van der Waals surface area contributed by atoms with Crippen LogP contribution in [0.5, 0.6) is 0 Å². The third-order valence-electron chi connectivity index (χ3n) is 4.93. The molecule has 0 saturated carbocycles. The van der Waals surface area contributed by atoms with Gasteiger partial charge in [-0.3, -0.25) is 14.4 Å². The normalized spacial score (nSPS) is 21.9. The van der Waals surface area contributed by atoms with E-state index in [1.54, 1.807) is 33.8 Å². The number of aromatic nitrogens is 2. The van der Waals surface area contributed by atoms with Gasteiger partial charge in [0, 0.05) is 51.4 Å². The van der Waals surface area contributed by atoms with Crippen molar-refractivity contribution in [1.82, 2.24) is 19.4 Å². The Morgan fingerprint density at radius 2 is 2.08 bits per heavy atom. The molecule has 3 rings (SSSR count). The lowest BCUT2D eigenvalue weighted by Gasteiger charge is -2.34. The number of ketones is 1. The Hall–Kier alpha value is -2.18. The maximum atomic E-state index is 12.6. The molecule has 2 aliphatic heterocycles. The average molecular weight is 332 g/mol. The fraction of sp³-hybridized carbons (Fsp3) is 0.647. The highest BCUT2D eigenvalue weighted by Crippen LogP contribution is 2.21. The number of hydrogen-bond acceptors (Lipinski definition) is 4. The Kier molecular flexibility index (Phi) is 4.97. The van der Waals surface area contributed by atoms with Gasteiger partial charge in [0.1, 0.15) is 0 Å². The molecule has 1 aromatic rings. The van der Waals surface area contributed by atoms with Gasteiger partial charge in [-0.25, -0.2) is 4.98 Å². The topological polar surface area (TPSA) is 75.5 Å². The van der Waals surface area contributed by atoms with Crippen LogP contribution < -0.4 is 0 Å². The zero-order valence-electron chi connectivity index (χ0n) is 14.1. The van der Waals surface area contributed by atoms with Gasteiger partial charge in [0.15, 0.2) is 5.82 Å². The number of nitrogens with zero attached hydrogens (tertiary/aromatic N) is 4. The minimum absolute atomic E-state index is 0.00551. The largest absolute Gasteiger partial charge is 0.340 e. The summed E-state index contributed by atoms with van der Waals surface area (Å²) in [6.07, 6.45) is 7.35. The molecule has 2 saturated heterocycles. The predicted octanol–water partition coefficient (Wildman–Crippen LogP) is 0.854. The summed E-state index contributed by atoms with van der Waals surface area (Å²) in [4.78, 5) is 44.5. The van der Waals surface area contributed by atoms with Gasteiger partial charge >= 0.3 is 0 Å². The molecule has 7 nitrogen and oxygen atoms in total. The molecule has 24 heavy (non-hydrogen) atoms. The number of imidazole rings is 1. The summed E-state index contributed by atoms with van der Waals surface area (Å²) in [7, 11) is 1.80. The standard InChI is InChI=1S/C17H24N4O3/c1-19-10-7-18-17(19)16(24)13-5-4-9-20(11-13)15(23)12-21-8-3-2-6-14(21)22/h7,10,13H,2-6,8-9,11-12H2,1H3. The number of carbonyl (C=O) groups is 3. The van der Waals surface area contributed by atoms with Crippen molar-refractivity contribution in [3.05, 3.63) is 18.2 Å². The second kappa shape index (κ2) is 7.15. The minimum Gasteiger partial charge on any atom is -0.340 e. The summed E-state index contributed by atoms with van der Waals surface area (Å²) in [5, 5.41) is 0. The van der Waals surface area contributed by atoms with Crippen LogP contribution >= 0.6 is 0 Å². The third kappa shape index (κ3) is 3.49. The van der Waals surface area contributed by atoms with Crippen molar-refractivity contribution in [3.8, 4) is 0 Å². The van der Waals surface area contributed by atoms with Crippen LogP contribution in [0.25, 0.3) is 0 Å². The van der Waals surface area contributed by atoms with E-state index in [-0.39, 0.29) is 30.1 Å². The molecule has 1 unspecified atom stereocenters. The summed E-state index contributed by atoms with van der Waals surface area (Å²) in [6, 6.07) is 0. The van der Waals surface area contributed by atoms with E-state index in [1.807, 2.05) is 0 Å². The average Bonchev–Trinajstić information content (AvgIpc) is 3.02. The first-order valence-electron chi connectivity index (χ1n) is 8.63. The van der Waals surface area contributed by atoms with E-state index in [0.29, 0.717) is 31.9 Å². The summed E-state index contributed by atoms with van der Waals surface area (Å²) in [6.45, 7) is 1.88. The van der Waals surface area contributed by atoms with E-state index >= 15 is 0 Å². The second-order valence-electron chi connectivity index (χ2n) is 6.68. The van der Waals surface area contributed by atoms with Gasteiger partial charge in [-0.05, 0) is 25.7 Å². The zero-order valence-corrected chi connectivity index (χ0v) is 14.1. The first-order valence-corrected chi connectivity index (χ1v) is 8.63. The molecule has 0 aromatic carbocycles. The number of amides is 2. The van der Waals surface area contributed by atoms with Crippen molar-refractivity contribution in [1.29, 1.82) is 0 Å². The van der Waals surface area contributed by atoms with Gasteiger partial charge in [-0.2, -0.15) is 0 Å². The molecule has 130 valence electrons. The van der Waals surface area contributed by atoms with Crippen molar-refractivity contribution in [2.45, 2.75) is 32.1 Å². The van der Waals surface area contributed by atoms with Gasteiger partial charge in [0.2, 0.25) is 17.6 Å². The van der Waals surface area contributed by atoms with Crippen LogP contribution in [0.4, 0.5) is 0 Å². The molecule has 1 atom stereocenters. The molecule has 2 aliphatic rings. The van der Waals surface area contributed by atoms with Crippen LogP contribution in [-0.4, -0.2) is 63.1 Å². The zero-order chi connectivity index (χ0) is 17.1. The summed E-state index contributed by atoms with van der Waals surface area (Å²) < 4.78 is 1.72. The number of hydrogen-bond donors (Lipinski definition) is 0. The van der Waals surface area contributed by atoms with E-state index in [9.17, 15) is 14.4 Å². The first-order chi connectivity index (χ1) is 11.6. The van der Waals surface area contributed by atoms with Crippen molar-refractivity contribution < 1.29 is 14.4 Å². The molecule has 0 spiro atoms. The minimum atomic E-state index is -0.208. The van der Waals surface area contributed by atoms with Crippen molar-refractivity contribution in [2.24, 2.45) is 13.0 Å². The monoisotopic (exact) mass is 332 g/mol. The highest BCUT2D eigenvalue weighted by molar-refractivity contribution is 5.95. The van der Waals surface area contributed by atoms with E-state index < -0.39 is 0 Å². The third-order valence-corrected chi connectivity index (χ3v) is 4.93. The highest BCUT2D eigenvalue weighted by Gasteiger charge is 2.32. The molecular formula is C17H24N4O3. The number of Topliss-reactive ketones (excluding diaryl/α,β-unsaturated/α-hetero) is 1. The molecule has 3 heterocycles. The number of aryl methyl sites for hydroxylation is 1. The molecule has 2 amide bonds. The molecule has 1 aromatic heterocycles. The van der Waals surface area contributed by atoms with Crippen LogP contribution in [0.1, 0.15) is 42.7 Å². The van der Waals surface area contributed by atoms with Crippen LogP contribution in [0.15, 0.2) is 12.4 Å². The highest BCUT2D eigenvalue weighted by atomic mass is 16.2. The Labute approximate surface area is 141 Å². The van der Waals surface area contributed by atoms with Crippen molar-refractivity contribution >= 4 is 17.6 Å². The lowest BCUT2D eigenvalue weighted by atomic mass is 9.93. The molecule has 2 fully saturated rings. The molecular weight excluding hydrogens is 308 g/mol. The number of piperidine rings is 2. The number of likely N-dealkylation sites (tertiary alicyclic amines) is 2. The number of rotatable bonds is 4. The van der Waals surface area contributed by atoms with E-state index in [1.165, 1.54) is 0 Å². The summed E-state index contributed by atoms with van der Waals surface area (Å²) in [5.41, 5.74) is 0. The predicted molar refractivity (Wildman–Crippen MR) is 87.3 cm³/mol. The van der Waals surface area contributed by atoms with E-state index in [0.717, 1.165) is 25.7 Å².